The van der Waals surface area contributed by atoms with Gasteiger partial charge in [-0.15, -0.1) is 5.10 Å². The van der Waals surface area contributed by atoms with E-state index < -0.39 is 6.04 Å². The van der Waals surface area contributed by atoms with Crippen molar-refractivity contribution in [1.29, 1.82) is 0 Å². The quantitative estimate of drug-likeness (QED) is 0.277. The fraction of sp³-hybridized carbons (Fsp3) is 0.310. The summed E-state index contributed by atoms with van der Waals surface area (Å²) in [6.07, 6.45) is 3.63. The predicted octanol–water partition coefficient (Wildman–Crippen LogP) is 5.04. The van der Waals surface area contributed by atoms with Crippen LogP contribution in [0.1, 0.15) is 47.2 Å². The number of fused-ring (bicyclic) bond motifs is 1. The average molecular weight is 545 g/mol. The summed E-state index contributed by atoms with van der Waals surface area (Å²) in [6, 6.07) is 18.8. The van der Waals surface area contributed by atoms with Crippen LogP contribution in [-0.4, -0.2) is 42.8 Å². The molecule has 3 aromatic heterocycles. The van der Waals surface area contributed by atoms with Crippen LogP contribution in [0.3, 0.4) is 0 Å². The first-order valence-electron chi connectivity index (χ1n) is 13.1. The predicted molar refractivity (Wildman–Crippen MR) is 147 cm³/mol. The van der Waals surface area contributed by atoms with Crippen LogP contribution in [0.2, 0.25) is 5.02 Å². The molecule has 5 aromatic rings. The zero-order valence-electron chi connectivity index (χ0n) is 21.6. The molecule has 1 saturated heterocycles. The molecule has 2 aromatic carbocycles. The molecule has 0 saturated carbocycles. The number of aromatic nitrogens is 5. The highest BCUT2D eigenvalue weighted by Gasteiger charge is 2.32. The summed E-state index contributed by atoms with van der Waals surface area (Å²) in [5.41, 5.74) is 3.28. The summed E-state index contributed by atoms with van der Waals surface area (Å²) in [5.74, 6) is 1.34. The molecule has 10 heteroatoms. The SMILES string of the molecule is Cc1ccc2[nH]c(=O)c([C@@H](c3nnnn3C[C@H]3CCCO3)N(Cc3ccc(Cl)cc3)Cc3ccco3)cc2c1. The summed E-state index contributed by atoms with van der Waals surface area (Å²) < 4.78 is 13.4. The maximum atomic E-state index is 13.7. The van der Waals surface area contributed by atoms with E-state index in [4.69, 9.17) is 20.8 Å². The minimum Gasteiger partial charge on any atom is -0.468 e. The van der Waals surface area contributed by atoms with Crippen molar-refractivity contribution < 1.29 is 9.15 Å². The Labute approximate surface area is 230 Å². The van der Waals surface area contributed by atoms with Gasteiger partial charge in [0.05, 0.1) is 25.5 Å². The normalized spacial score (nSPS) is 16.3. The van der Waals surface area contributed by atoms with E-state index in [0.29, 0.717) is 36.0 Å². The van der Waals surface area contributed by atoms with E-state index in [2.05, 4.69) is 31.5 Å². The minimum atomic E-state index is -0.573. The van der Waals surface area contributed by atoms with Crippen molar-refractivity contribution in [2.75, 3.05) is 6.61 Å². The van der Waals surface area contributed by atoms with E-state index in [-0.39, 0.29) is 11.7 Å². The number of nitrogens with one attached hydrogen (secondary N) is 1. The molecule has 6 rings (SSSR count). The molecule has 1 fully saturated rings. The van der Waals surface area contributed by atoms with Crippen LogP contribution in [0.5, 0.6) is 0 Å². The van der Waals surface area contributed by atoms with Gasteiger partial charge in [0.2, 0.25) is 0 Å². The molecule has 1 aliphatic heterocycles. The van der Waals surface area contributed by atoms with Crippen molar-refractivity contribution in [3.8, 4) is 0 Å². The molecule has 0 bridgehead atoms. The van der Waals surface area contributed by atoms with Crippen LogP contribution in [0, 0.1) is 6.92 Å². The van der Waals surface area contributed by atoms with Crippen LogP contribution in [0.25, 0.3) is 10.9 Å². The highest BCUT2D eigenvalue weighted by molar-refractivity contribution is 6.30. The third-order valence-electron chi connectivity index (χ3n) is 7.13. The zero-order valence-corrected chi connectivity index (χ0v) is 22.3. The number of rotatable bonds is 9. The lowest BCUT2D eigenvalue weighted by molar-refractivity contribution is 0.0901. The number of benzene rings is 2. The number of hydrogen-bond acceptors (Lipinski definition) is 7. The second-order valence-electron chi connectivity index (χ2n) is 10.0. The third kappa shape index (κ3) is 5.66. The van der Waals surface area contributed by atoms with E-state index in [1.165, 1.54) is 0 Å². The fourth-order valence-electron chi connectivity index (χ4n) is 5.23. The Balaban J connectivity index is 1.50. The maximum Gasteiger partial charge on any atom is 0.253 e. The molecule has 2 atom stereocenters. The van der Waals surface area contributed by atoms with Gasteiger partial charge in [-0.05, 0) is 83.6 Å². The molecule has 200 valence electrons. The van der Waals surface area contributed by atoms with Gasteiger partial charge in [0.15, 0.2) is 5.82 Å². The Morgan fingerprint density at radius 3 is 2.79 bits per heavy atom. The summed E-state index contributed by atoms with van der Waals surface area (Å²) in [7, 11) is 0. The van der Waals surface area contributed by atoms with Crippen molar-refractivity contribution >= 4 is 22.5 Å². The van der Waals surface area contributed by atoms with E-state index in [1.54, 1.807) is 10.9 Å². The third-order valence-corrected chi connectivity index (χ3v) is 7.38. The lowest BCUT2D eigenvalue weighted by Crippen LogP contribution is -2.35. The summed E-state index contributed by atoms with van der Waals surface area (Å²) >= 11 is 6.18. The van der Waals surface area contributed by atoms with E-state index in [9.17, 15) is 4.79 Å². The van der Waals surface area contributed by atoms with Gasteiger partial charge in [-0.3, -0.25) is 9.69 Å². The van der Waals surface area contributed by atoms with Crippen molar-refractivity contribution in [2.45, 2.75) is 51.5 Å². The smallest absolute Gasteiger partial charge is 0.253 e. The van der Waals surface area contributed by atoms with Crippen molar-refractivity contribution in [3.63, 3.8) is 0 Å². The largest absolute Gasteiger partial charge is 0.468 e. The van der Waals surface area contributed by atoms with Gasteiger partial charge in [-0.2, -0.15) is 0 Å². The van der Waals surface area contributed by atoms with Crippen LogP contribution in [-0.2, 0) is 24.4 Å². The highest BCUT2D eigenvalue weighted by atomic mass is 35.5. The fourth-order valence-corrected chi connectivity index (χ4v) is 5.36. The lowest BCUT2D eigenvalue weighted by atomic mass is 10.0. The molecule has 0 amide bonds. The lowest BCUT2D eigenvalue weighted by Gasteiger charge is -2.30. The van der Waals surface area contributed by atoms with E-state index in [1.807, 2.05) is 61.5 Å². The molecule has 0 spiro atoms. The monoisotopic (exact) mass is 544 g/mol. The summed E-state index contributed by atoms with van der Waals surface area (Å²) in [5, 5.41) is 14.5. The van der Waals surface area contributed by atoms with Gasteiger partial charge in [0, 0.05) is 29.3 Å². The molecule has 1 N–H and O–H groups in total. The molecule has 39 heavy (non-hydrogen) atoms. The van der Waals surface area contributed by atoms with E-state index in [0.717, 1.165) is 47.2 Å². The number of aromatic amines is 1. The van der Waals surface area contributed by atoms with Gasteiger partial charge >= 0.3 is 0 Å². The van der Waals surface area contributed by atoms with Gasteiger partial charge in [-0.1, -0.05) is 35.4 Å². The topological polar surface area (TPSA) is 102 Å². The first-order chi connectivity index (χ1) is 19.0. The molecule has 1 aliphatic rings. The molecule has 9 nitrogen and oxygen atoms in total. The minimum absolute atomic E-state index is 0.0280. The number of pyridine rings is 1. The Bertz CT molecular complexity index is 1610. The maximum absolute atomic E-state index is 13.7. The Morgan fingerprint density at radius 1 is 1.15 bits per heavy atom. The Hall–Kier alpha value is -3.79. The number of ether oxygens (including phenoxy) is 1. The zero-order chi connectivity index (χ0) is 26.8. The molecule has 0 radical (unpaired) electrons. The molecular formula is C29H29ClN6O3. The molecule has 0 aliphatic carbocycles. The van der Waals surface area contributed by atoms with Crippen molar-refractivity contribution in [2.24, 2.45) is 0 Å². The van der Waals surface area contributed by atoms with Gasteiger partial charge in [0.1, 0.15) is 11.8 Å². The number of hydrogen-bond donors (Lipinski definition) is 1. The Kier molecular flexibility index (Phi) is 7.28. The average Bonchev–Trinajstić information content (AvgIpc) is 3.71. The van der Waals surface area contributed by atoms with Gasteiger partial charge in [-0.25, -0.2) is 4.68 Å². The number of furan rings is 1. The number of aryl methyl sites for hydroxylation is 1. The van der Waals surface area contributed by atoms with Crippen LogP contribution in [0.15, 0.2) is 76.1 Å². The van der Waals surface area contributed by atoms with Crippen molar-refractivity contribution in [1.82, 2.24) is 30.1 Å². The number of tetrazole rings is 1. The summed E-state index contributed by atoms with van der Waals surface area (Å²) in [4.78, 5) is 18.9. The highest BCUT2D eigenvalue weighted by Crippen LogP contribution is 2.31. The van der Waals surface area contributed by atoms with Crippen LogP contribution in [0.4, 0.5) is 0 Å². The van der Waals surface area contributed by atoms with E-state index >= 15 is 0 Å². The molecule has 0 unspecified atom stereocenters. The molecular weight excluding hydrogens is 516 g/mol. The second-order valence-corrected chi connectivity index (χ2v) is 10.4. The summed E-state index contributed by atoms with van der Waals surface area (Å²) in [6.45, 7) is 4.21. The number of nitrogens with zero attached hydrogens (tertiary/aromatic N) is 5. The number of H-pyrrole nitrogens is 1. The van der Waals surface area contributed by atoms with Crippen LogP contribution < -0.4 is 5.56 Å². The van der Waals surface area contributed by atoms with Crippen LogP contribution >= 0.6 is 11.6 Å². The standard InChI is InChI=1S/C29H29ClN6O3/c1-19-6-11-26-21(14-19)15-25(29(37)31-26)27(28-32-33-34-36(28)18-24-5-3-13-39-24)35(17-23-4-2-12-38-23)16-20-7-9-22(30)10-8-20/h2,4,6-12,14-15,24,27H,3,5,13,16-18H2,1H3,(H,31,37)/t24-,27+/m1/s1. The van der Waals surface area contributed by atoms with Gasteiger partial charge < -0.3 is 14.1 Å². The second kappa shape index (κ2) is 11.1. The number of halogens is 1. The molecule has 4 heterocycles. The first-order valence-corrected chi connectivity index (χ1v) is 13.4. The van der Waals surface area contributed by atoms with Gasteiger partial charge in [0.25, 0.3) is 5.56 Å². The first kappa shape index (κ1) is 25.5. The Morgan fingerprint density at radius 2 is 2.03 bits per heavy atom. The van der Waals surface area contributed by atoms with Crippen molar-refractivity contribution in [3.05, 3.63) is 111 Å².